The fourth-order valence-electron chi connectivity index (χ4n) is 6.07. The molecule has 5 aliphatic rings. The molecule has 0 saturated heterocycles. The highest BCUT2D eigenvalue weighted by atomic mass is 16.4. The smallest absolute Gasteiger partial charge is 0.306 e. The average molecular weight is 443 g/mol. The van der Waals surface area contributed by atoms with Gasteiger partial charge in [-0.3, -0.25) is 15.1 Å². The summed E-state index contributed by atoms with van der Waals surface area (Å²) in [4.78, 5) is 16.1. The van der Waals surface area contributed by atoms with E-state index in [0.29, 0.717) is 6.04 Å². The number of allylic oxidation sites excluding steroid dienone is 2. The molecular formula is C27H30N4O2. The van der Waals surface area contributed by atoms with Crippen molar-refractivity contribution < 1.29 is 9.90 Å². The lowest BCUT2D eigenvalue weighted by atomic mass is 9.84. The van der Waals surface area contributed by atoms with Gasteiger partial charge in [-0.25, -0.2) is 0 Å². The van der Waals surface area contributed by atoms with Crippen LogP contribution in [0.15, 0.2) is 58.5 Å². The van der Waals surface area contributed by atoms with Gasteiger partial charge in [-0.2, -0.15) is 5.10 Å². The maximum absolute atomic E-state index is 11.3. The van der Waals surface area contributed by atoms with Crippen molar-refractivity contribution in [3.05, 3.63) is 70.1 Å². The number of aliphatic carboxylic acids is 1. The van der Waals surface area contributed by atoms with Crippen LogP contribution >= 0.6 is 0 Å². The summed E-state index contributed by atoms with van der Waals surface area (Å²) in [7, 11) is 2.15. The van der Waals surface area contributed by atoms with Gasteiger partial charge in [0.05, 0.1) is 17.3 Å². The normalized spacial score (nSPS) is 26.6. The lowest BCUT2D eigenvalue weighted by molar-refractivity contribution is -0.143. The molecule has 2 N–H and O–H groups in total. The number of hydrogen-bond donors (Lipinski definition) is 2. The molecule has 1 saturated carbocycles. The van der Waals surface area contributed by atoms with Gasteiger partial charge in [0, 0.05) is 55.6 Å². The zero-order chi connectivity index (χ0) is 22.5. The number of benzene rings is 1. The molecular weight excluding hydrogens is 412 g/mol. The Hall–Kier alpha value is -3.12. The van der Waals surface area contributed by atoms with Crippen LogP contribution in [-0.2, 0) is 4.79 Å². The fourth-order valence-corrected chi connectivity index (χ4v) is 6.07. The first kappa shape index (κ1) is 20.5. The van der Waals surface area contributed by atoms with E-state index in [1.54, 1.807) is 0 Å². The zero-order valence-corrected chi connectivity index (χ0v) is 19.1. The Morgan fingerprint density at radius 3 is 2.79 bits per heavy atom. The number of carboxylic acid groups (broad SMARTS) is 1. The van der Waals surface area contributed by atoms with Crippen molar-refractivity contribution >= 4 is 23.3 Å². The summed E-state index contributed by atoms with van der Waals surface area (Å²) in [6, 6.07) is 7.01. The van der Waals surface area contributed by atoms with Crippen molar-refractivity contribution in [2.45, 2.75) is 38.1 Å². The zero-order valence-electron chi connectivity index (χ0n) is 19.1. The van der Waals surface area contributed by atoms with E-state index >= 15 is 0 Å². The molecule has 0 bridgehead atoms. The number of nitrogens with one attached hydrogen (secondary N) is 1. The van der Waals surface area contributed by atoms with Gasteiger partial charge in [0.2, 0.25) is 0 Å². The van der Waals surface area contributed by atoms with Crippen LogP contribution in [0.4, 0.5) is 0 Å². The first-order valence-corrected chi connectivity index (χ1v) is 12.1. The molecule has 6 nitrogen and oxygen atoms in total. The Morgan fingerprint density at radius 1 is 1.18 bits per heavy atom. The van der Waals surface area contributed by atoms with E-state index < -0.39 is 5.97 Å². The van der Waals surface area contributed by atoms with Crippen molar-refractivity contribution in [2.24, 2.45) is 11.0 Å². The number of nitrogens with zero attached hydrogens (tertiary/aromatic N) is 3. The van der Waals surface area contributed by atoms with Crippen LogP contribution in [0.3, 0.4) is 0 Å². The highest BCUT2D eigenvalue weighted by Crippen LogP contribution is 2.39. The van der Waals surface area contributed by atoms with Crippen LogP contribution in [0.1, 0.15) is 48.8 Å². The molecule has 0 spiro atoms. The second-order valence-corrected chi connectivity index (χ2v) is 9.84. The monoisotopic (exact) mass is 442 g/mol. The van der Waals surface area contributed by atoms with Gasteiger partial charge in [-0.05, 0) is 54.9 Å². The second kappa shape index (κ2) is 8.03. The van der Waals surface area contributed by atoms with Crippen molar-refractivity contribution in [1.82, 2.24) is 15.2 Å². The predicted octanol–water partition coefficient (Wildman–Crippen LogP) is 3.84. The van der Waals surface area contributed by atoms with Crippen LogP contribution in [0, 0.1) is 5.92 Å². The standard InChI is InChI=1S/C27H30N4O2/c1-30-15-22(17-11-13-31(14-12-17)20-8-5-19(6-9-20)27(32)33)26-23(16-30)21-4-2-3-18-7-10-24(25(18)21)28-29-26/h2-4,7,10-11,16,19-20,29H,5-6,8-9,12-15H2,1H3,(H,32,33)/t19-,20-. The molecule has 0 radical (unpaired) electrons. The molecule has 1 aromatic rings. The van der Waals surface area contributed by atoms with Gasteiger partial charge >= 0.3 is 5.97 Å². The summed E-state index contributed by atoms with van der Waals surface area (Å²) >= 11 is 0. The highest BCUT2D eigenvalue weighted by Gasteiger charge is 2.32. The van der Waals surface area contributed by atoms with E-state index in [4.69, 9.17) is 5.10 Å². The molecule has 6 rings (SSSR count). The van der Waals surface area contributed by atoms with Crippen LogP contribution in [0.2, 0.25) is 0 Å². The molecule has 2 aliphatic carbocycles. The summed E-state index contributed by atoms with van der Waals surface area (Å²) in [6.07, 6.45) is 13.5. The Kier molecular flexibility index (Phi) is 4.98. The molecule has 170 valence electrons. The maximum Gasteiger partial charge on any atom is 0.306 e. The van der Waals surface area contributed by atoms with Crippen molar-refractivity contribution in [3.8, 4) is 0 Å². The molecule has 0 unspecified atom stereocenters. The largest absolute Gasteiger partial charge is 0.481 e. The second-order valence-electron chi connectivity index (χ2n) is 9.84. The van der Waals surface area contributed by atoms with Gasteiger partial charge in [0.1, 0.15) is 0 Å². The Labute approximate surface area is 194 Å². The minimum atomic E-state index is -0.626. The van der Waals surface area contributed by atoms with E-state index in [1.807, 2.05) is 0 Å². The van der Waals surface area contributed by atoms with Gasteiger partial charge < -0.3 is 10.0 Å². The predicted molar refractivity (Wildman–Crippen MR) is 130 cm³/mol. The van der Waals surface area contributed by atoms with Crippen LogP contribution in [0.25, 0.3) is 11.6 Å². The summed E-state index contributed by atoms with van der Waals surface area (Å²) in [5.41, 5.74) is 13.2. The highest BCUT2D eigenvalue weighted by molar-refractivity contribution is 6.20. The van der Waals surface area contributed by atoms with Gasteiger partial charge in [-0.1, -0.05) is 30.4 Å². The molecule has 3 aliphatic heterocycles. The summed E-state index contributed by atoms with van der Waals surface area (Å²) in [5.74, 6) is -0.775. The van der Waals surface area contributed by atoms with E-state index in [0.717, 1.165) is 63.1 Å². The number of carbonyl (C=O) groups is 1. The molecule has 1 aromatic carbocycles. The summed E-state index contributed by atoms with van der Waals surface area (Å²) in [6.45, 7) is 2.85. The minimum absolute atomic E-state index is 0.149. The Bertz CT molecular complexity index is 1160. The average Bonchev–Trinajstić information content (AvgIpc) is 3.19. The van der Waals surface area contributed by atoms with Crippen LogP contribution in [0.5, 0.6) is 0 Å². The van der Waals surface area contributed by atoms with Gasteiger partial charge in [0.15, 0.2) is 0 Å². The number of rotatable bonds is 3. The maximum atomic E-state index is 11.3. The van der Waals surface area contributed by atoms with E-state index in [2.05, 4.69) is 64.9 Å². The Balaban J connectivity index is 1.27. The number of likely N-dealkylation sites (N-methyl/N-ethyl adjacent to an activating group) is 1. The van der Waals surface area contributed by atoms with E-state index in [9.17, 15) is 9.90 Å². The van der Waals surface area contributed by atoms with Crippen LogP contribution < -0.4 is 5.43 Å². The third-order valence-corrected chi connectivity index (χ3v) is 7.87. The summed E-state index contributed by atoms with van der Waals surface area (Å²) < 4.78 is 0. The SMILES string of the molecule is CN1C=C2C(=C(C3=CCN([C@H]4CC[C@H](C(=O)O)CC4)CC3)C1)NN=C1C=Cc3cccc2c31. The van der Waals surface area contributed by atoms with Crippen molar-refractivity contribution in [2.75, 3.05) is 26.7 Å². The fraction of sp³-hybridized carbons (Fsp3) is 0.407. The minimum Gasteiger partial charge on any atom is -0.481 e. The number of fused-ring (bicyclic) bond motifs is 2. The third-order valence-electron chi connectivity index (χ3n) is 7.87. The quantitative estimate of drug-likeness (QED) is 0.745. The molecule has 0 amide bonds. The number of hydrogen-bond acceptors (Lipinski definition) is 5. The van der Waals surface area contributed by atoms with Crippen LogP contribution in [-0.4, -0.2) is 59.3 Å². The first-order valence-electron chi connectivity index (χ1n) is 12.1. The number of hydrazone groups is 1. The van der Waals surface area contributed by atoms with E-state index in [1.165, 1.54) is 33.4 Å². The number of carboxylic acids is 1. The molecule has 1 fully saturated rings. The molecule has 6 heteroatoms. The van der Waals surface area contributed by atoms with Crippen molar-refractivity contribution in [1.29, 1.82) is 0 Å². The summed E-state index contributed by atoms with van der Waals surface area (Å²) in [5, 5.41) is 14.1. The topological polar surface area (TPSA) is 68.2 Å². The van der Waals surface area contributed by atoms with Gasteiger partial charge in [-0.15, -0.1) is 0 Å². The lowest BCUT2D eigenvalue weighted by Gasteiger charge is -2.38. The first-order chi connectivity index (χ1) is 16.1. The third kappa shape index (κ3) is 3.53. The van der Waals surface area contributed by atoms with Crippen molar-refractivity contribution in [3.63, 3.8) is 0 Å². The Morgan fingerprint density at radius 2 is 2.03 bits per heavy atom. The van der Waals surface area contributed by atoms with Gasteiger partial charge in [0.25, 0.3) is 0 Å². The molecule has 0 atom stereocenters. The lowest BCUT2D eigenvalue weighted by Crippen LogP contribution is -2.42. The molecule has 33 heavy (non-hydrogen) atoms. The molecule has 0 aromatic heterocycles. The van der Waals surface area contributed by atoms with E-state index in [-0.39, 0.29) is 5.92 Å². The molecule has 3 heterocycles.